The van der Waals surface area contributed by atoms with Gasteiger partial charge in [-0.05, 0) is 80.0 Å². The van der Waals surface area contributed by atoms with E-state index in [4.69, 9.17) is 21.1 Å². The van der Waals surface area contributed by atoms with E-state index < -0.39 is 23.8 Å². The van der Waals surface area contributed by atoms with Crippen molar-refractivity contribution in [3.63, 3.8) is 0 Å². The number of nitrogens with zero attached hydrogens (tertiary/aromatic N) is 1. The lowest BCUT2D eigenvalue weighted by atomic mass is 10.1. The molecule has 9 nitrogen and oxygen atoms in total. The third-order valence-electron chi connectivity index (χ3n) is 5.02. The second-order valence-corrected chi connectivity index (χ2v) is 10.9. The van der Waals surface area contributed by atoms with E-state index in [2.05, 4.69) is 45.1 Å². The fourth-order valence-corrected chi connectivity index (χ4v) is 4.73. The molecule has 1 heterocycles. The van der Waals surface area contributed by atoms with Crippen molar-refractivity contribution in [1.82, 2.24) is 20.9 Å². The van der Waals surface area contributed by atoms with Crippen molar-refractivity contribution in [3.05, 3.63) is 45.0 Å². The molecule has 0 radical (unpaired) electrons. The van der Waals surface area contributed by atoms with Crippen LogP contribution in [0.25, 0.3) is 0 Å². The van der Waals surface area contributed by atoms with Crippen molar-refractivity contribution < 1.29 is 23.9 Å². The lowest BCUT2D eigenvalue weighted by Crippen LogP contribution is -2.50. The van der Waals surface area contributed by atoms with Crippen LogP contribution >= 0.6 is 34.2 Å². The molecule has 194 valence electrons. The lowest BCUT2D eigenvalue weighted by molar-refractivity contribution is -0.133. The molecule has 0 aliphatic carbocycles. The zero-order valence-corrected chi connectivity index (χ0v) is 23.3. The number of carbonyl (C=O) groups excluding carboxylic acids is 3. The molecule has 11 heteroatoms. The van der Waals surface area contributed by atoms with Crippen molar-refractivity contribution in [3.8, 4) is 0 Å². The van der Waals surface area contributed by atoms with Crippen LogP contribution in [0.4, 0.5) is 9.59 Å². The molecular weight excluding hydrogens is 587 g/mol. The summed E-state index contributed by atoms with van der Waals surface area (Å²) in [7, 11) is 0. The van der Waals surface area contributed by atoms with Gasteiger partial charge in [-0.1, -0.05) is 24.3 Å². The van der Waals surface area contributed by atoms with Crippen LogP contribution in [0.2, 0.25) is 5.02 Å². The second kappa shape index (κ2) is 13.9. The SMILES string of the molecule is C=CCOC(=O)NC[C@@H]1CCN(Cc2cc(Cl)cc(I)c2)C(=O)[C@H](CCNC(=O)OC(C)(C)C)N1. The number of hydrogen-bond donors (Lipinski definition) is 3. The van der Waals surface area contributed by atoms with Gasteiger partial charge < -0.3 is 30.3 Å². The van der Waals surface area contributed by atoms with Crippen molar-refractivity contribution >= 4 is 52.3 Å². The Morgan fingerprint density at radius 3 is 2.69 bits per heavy atom. The molecule has 0 spiro atoms. The van der Waals surface area contributed by atoms with Gasteiger partial charge in [-0.2, -0.15) is 0 Å². The second-order valence-electron chi connectivity index (χ2n) is 9.23. The van der Waals surface area contributed by atoms with Crippen molar-refractivity contribution in [2.75, 3.05) is 26.2 Å². The molecule has 35 heavy (non-hydrogen) atoms. The Bertz CT molecular complexity index is 888. The Morgan fingerprint density at radius 1 is 1.29 bits per heavy atom. The molecule has 2 atom stereocenters. The summed E-state index contributed by atoms with van der Waals surface area (Å²) in [5.41, 5.74) is 0.327. The first-order valence-corrected chi connectivity index (χ1v) is 12.9. The molecule has 1 fully saturated rings. The Hall–Kier alpha value is -2.05. The van der Waals surface area contributed by atoms with Crippen LogP contribution in [0.15, 0.2) is 30.9 Å². The summed E-state index contributed by atoms with van der Waals surface area (Å²) in [6.07, 6.45) is 1.40. The van der Waals surface area contributed by atoms with E-state index in [9.17, 15) is 14.4 Å². The number of benzene rings is 1. The van der Waals surface area contributed by atoms with Gasteiger partial charge in [-0.25, -0.2) is 9.59 Å². The van der Waals surface area contributed by atoms with Crippen LogP contribution in [-0.4, -0.2) is 66.9 Å². The predicted octanol–water partition coefficient (Wildman–Crippen LogP) is 3.83. The highest BCUT2D eigenvalue weighted by atomic mass is 127. The first kappa shape index (κ1) is 29.2. The average molecular weight is 621 g/mol. The van der Waals surface area contributed by atoms with Crippen LogP contribution in [0.5, 0.6) is 0 Å². The van der Waals surface area contributed by atoms with Gasteiger partial charge in [0.1, 0.15) is 12.2 Å². The third-order valence-corrected chi connectivity index (χ3v) is 5.86. The number of halogens is 2. The number of rotatable bonds is 9. The van der Waals surface area contributed by atoms with Crippen LogP contribution in [0, 0.1) is 3.57 Å². The third kappa shape index (κ3) is 11.0. The Labute approximate surface area is 225 Å². The van der Waals surface area contributed by atoms with E-state index in [0.717, 1.165) is 9.13 Å². The lowest BCUT2D eigenvalue weighted by Gasteiger charge is -2.25. The van der Waals surface area contributed by atoms with Crippen molar-refractivity contribution in [2.24, 2.45) is 0 Å². The van der Waals surface area contributed by atoms with E-state index in [-0.39, 0.29) is 25.1 Å². The molecule has 2 rings (SSSR count). The molecule has 1 saturated heterocycles. The molecule has 1 aliphatic rings. The van der Waals surface area contributed by atoms with Crippen LogP contribution < -0.4 is 16.0 Å². The van der Waals surface area contributed by atoms with Gasteiger partial charge in [0.15, 0.2) is 0 Å². The number of alkyl carbamates (subject to hydrolysis) is 2. The van der Waals surface area contributed by atoms with Crippen LogP contribution in [-0.2, 0) is 20.8 Å². The quantitative estimate of drug-likeness (QED) is 0.286. The Balaban J connectivity index is 2.07. The monoisotopic (exact) mass is 620 g/mol. The Morgan fingerprint density at radius 2 is 2.03 bits per heavy atom. The molecule has 1 aliphatic heterocycles. The maximum atomic E-state index is 13.4. The molecule has 0 unspecified atom stereocenters. The van der Waals surface area contributed by atoms with Crippen molar-refractivity contribution in [2.45, 2.75) is 57.8 Å². The highest BCUT2D eigenvalue weighted by Gasteiger charge is 2.31. The standard InChI is InChI=1S/C24H34ClIN4O5/c1-5-10-34-22(32)28-14-19-7-9-30(15-16-11-17(25)13-18(26)12-16)21(31)20(29-19)6-8-27-23(33)35-24(2,3)4/h5,11-13,19-20,29H,1,6-10,14-15H2,2-4H3,(H,27,33)(H,28,32)/t19-,20-/m0/s1. The van der Waals surface area contributed by atoms with Gasteiger partial charge in [0, 0.05) is 40.8 Å². The molecule has 1 aromatic rings. The molecule has 0 saturated carbocycles. The summed E-state index contributed by atoms with van der Waals surface area (Å²) in [6, 6.07) is 4.98. The van der Waals surface area contributed by atoms with Gasteiger partial charge in [-0.15, -0.1) is 0 Å². The maximum absolute atomic E-state index is 13.4. The molecule has 0 bridgehead atoms. The summed E-state index contributed by atoms with van der Waals surface area (Å²) >= 11 is 8.40. The highest BCUT2D eigenvalue weighted by molar-refractivity contribution is 14.1. The zero-order valence-electron chi connectivity index (χ0n) is 20.4. The van der Waals surface area contributed by atoms with E-state index >= 15 is 0 Å². The van der Waals surface area contributed by atoms with E-state index in [1.165, 1.54) is 6.08 Å². The minimum Gasteiger partial charge on any atom is -0.445 e. The van der Waals surface area contributed by atoms with E-state index in [0.29, 0.717) is 37.5 Å². The molecule has 3 amide bonds. The topological polar surface area (TPSA) is 109 Å². The minimum absolute atomic E-state index is 0.0808. The zero-order chi connectivity index (χ0) is 26.0. The summed E-state index contributed by atoms with van der Waals surface area (Å²) in [6.45, 7) is 10.5. The molecule has 0 aromatic heterocycles. The highest BCUT2D eigenvalue weighted by Crippen LogP contribution is 2.20. The summed E-state index contributed by atoms with van der Waals surface area (Å²) < 4.78 is 11.2. The van der Waals surface area contributed by atoms with Gasteiger partial charge in [0.25, 0.3) is 0 Å². The van der Waals surface area contributed by atoms with Crippen LogP contribution in [0.1, 0.15) is 39.2 Å². The fraction of sp³-hybridized carbons (Fsp3) is 0.542. The maximum Gasteiger partial charge on any atom is 0.407 e. The molecular formula is C24H34ClIN4O5. The van der Waals surface area contributed by atoms with Gasteiger partial charge in [0.2, 0.25) is 5.91 Å². The van der Waals surface area contributed by atoms with E-state index in [1.807, 2.05) is 18.2 Å². The summed E-state index contributed by atoms with van der Waals surface area (Å²) in [4.78, 5) is 39.1. The molecule has 1 aromatic carbocycles. The fourth-order valence-electron chi connectivity index (χ4n) is 3.55. The van der Waals surface area contributed by atoms with Gasteiger partial charge in [-0.3, -0.25) is 4.79 Å². The van der Waals surface area contributed by atoms with Crippen LogP contribution in [0.3, 0.4) is 0 Å². The number of hydrogen-bond acceptors (Lipinski definition) is 6. The summed E-state index contributed by atoms with van der Waals surface area (Å²) in [5, 5.41) is 9.38. The minimum atomic E-state index is -0.608. The number of nitrogens with one attached hydrogen (secondary N) is 3. The smallest absolute Gasteiger partial charge is 0.407 e. The number of carbonyl (C=O) groups is 3. The largest absolute Gasteiger partial charge is 0.445 e. The van der Waals surface area contributed by atoms with Gasteiger partial charge >= 0.3 is 12.2 Å². The Kier molecular flexibility index (Phi) is 11.6. The normalized spacial score (nSPS) is 18.4. The first-order chi connectivity index (χ1) is 16.5. The average Bonchev–Trinajstić information content (AvgIpc) is 2.88. The summed E-state index contributed by atoms with van der Waals surface area (Å²) in [5.74, 6) is -0.0808. The molecule has 3 N–H and O–H groups in total. The van der Waals surface area contributed by atoms with Gasteiger partial charge in [0.05, 0.1) is 6.04 Å². The van der Waals surface area contributed by atoms with E-state index in [1.54, 1.807) is 25.7 Å². The number of ether oxygens (including phenoxy) is 2. The number of amides is 3. The van der Waals surface area contributed by atoms with Crippen molar-refractivity contribution in [1.29, 1.82) is 0 Å². The predicted molar refractivity (Wildman–Crippen MR) is 143 cm³/mol. The first-order valence-electron chi connectivity index (χ1n) is 11.4.